The van der Waals surface area contributed by atoms with Crippen molar-refractivity contribution in [1.82, 2.24) is 20.1 Å². The topological polar surface area (TPSA) is 131 Å². The molecule has 0 fully saturated rings. The van der Waals surface area contributed by atoms with Gasteiger partial charge in [0.05, 0.1) is 31.9 Å². The highest BCUT2D eigenvalue weighted by Crippen LogP contribution is 2.46. The van der Waals surface area contributed by atoms with Crippen molar-refractivity contribution >= 4 is 5.91 Å². The van der Waals surface area contributed by atoms with E-state index in [1.807, 2.05) is 27.7 Å². The number of aromatic amines is 1. The van der Waals surface area contributed by atoms with Gasteiger partial charge in [-0.05, 0) is 25.0 Å². The molecule has 36 heavy (non-hydrogen) atoms. The first-order valence-corrected chi connectivity index (χ1v) is 11.8. The van der Waals surface area contributed by atoms with Crippen LogP contribution in [0.4, 0.5) is 0 Å². The summed E-state index contributed by atoms with van der Waals surface area (Å²) in [5.74, 6) is 0.492. The van der Waals surface area contributed by atoms with Gasteiger partial charge in [-0.2, -0.15) is 0 Å². The third-order valence-corrected chi connectivity index (χ3v) is 5.77. The van der Waals surface area contributed by atoms with E-state index >= 15 is 0 Å². The quantitative estimate of drug-likeness (QED) is 0.450. The molecule has 10 nitrogen and oxygen atoms in total. The molecule has 0 aliphatic carbocycles. The van der Waals surface area contributed by atoms with Gasteiger partial charge in [0, 0.05) is 18.2 Å². The number of aromatic nitrogens is 3. The number of hydrogen-bond donors (Lipinski definition) is 2. The molecule has 0 unspecified atom stereocenters. The molecule has 2 aromatic heterocycles. The molecule has 0 bridgehead atoms. The van der Waals surface area contributed by atoms with Crippen LogP contribution in [0.2, 0.25) is 0 Å². The van der Waals surface area contributed by atoms with Crippen LogP contribution in [-0.4, -0.2) is 52.4 Å². The van der Waals surface area contributed by atoms with Gasteiger partial charge in [-0.1, -0.05) is 40.2 Å². The van der Waals surface area contributed by atoms with E-state index in [1.165, 1.54) is 19.1 Å². The van der Waals surface area contributed by atoms with Gasteiger partial charge in [-0.3, -0.25) is 9.59 Å². The minimum absolute atomic E-state index is 0.0591. The van der Waals surface area contributed by atoms with Crippen molar-refractivity contribution in [3.63, 3.8) is 0 Å². The predicted molar refractivity (Wildman–Crippen MR) is 135 cm³/mol. The highest BCUT2D eigenvalue weighted by Gasteiger charge is 2.29. The third-order valence-electron chi connectivity index (χ3n) is 5.77. The molecule has 0 atom stereocenters. The lowest BCUT2D eigenvalue weighted by Crippen LogP contribution is -2.36. The van der Waals surface area contributed by atoms with E-state index in [4.69, 9.17) is 13.9 Å². The molecule has 2 heterocycles. The second-order valence-electron chi connectivity index (χ2n) is 9.58. The van der Waals surface area contributed by atoms with E-state index in [0.29, 0.717) is 34.7 Å². The summed E-state index contributed by atoms with van der Waals surface area (Å²) in [5.41, 5.74) is 0.101. The van der Waals surface area contributed by atoms with Crippen LogP contribution in [0, 0.1) is 5.41 Å². The maximum Gasteiger partial charge on any atom is 0.264 e. The van der Waals surface area contributed by atoms with E-state index in [9.17, 15) is 14.7 Å². The van der Waals surface area contributed by atoms with Crippen LogP contribution in [0.3, 0.4) is 0 Å². The zero-order valence-electron chi connectivity index (χ0n) is 21.9. The first kappa shape index (κ1) is 26.8. The molecule has 0 spiro atoms. The van der Waals surface area contributed by atoms with E-state index in [2.05, 4.69) is 15.2 Å². The van der Waals surface area contributed by atoms with Crippen LogP contribution >= 0.6 is 0 Å². The van der Waals surface area contributed by atoms with Crippen LogP contribution in [0.1, 0.15) is 52.1 Å². The summed E-state index contributed by atoms with van der Waals surface area (Å²) in [6, 6.07) is 5.27. The number of aromatic hydroxyl groups is 1. The number of carbonyl (C=O) groups is 1. The summed E-state index contributed by atoms with van der Waals surface area (Å²) in [5, 5.41) is 19.5. The molecule has 0 saturated carbocycles. The number of nitrogens with zero attached hydrogens (tertiary/aromatic N) is 3. The molecular formula is C26H34N4O6. The summed E-state index contributed by atoms with van der Waals surface area (Å²) in [6.45, 7) is 7.55. The Bertz CT molecular complexity index is 1270. The van der Waals surface area contributed by atoms with Gasteiger partial charge in [0.1, 0.15) is 22.8 Å². The summed E-state index contributed by atoms with van der Waals surface area (Å²) in [6.07, 6.45) is 2.20. The summed E-state index contributed by atoms with van der Waals surface area (Å²) >= 11 is 0. The van der Waals surface area contributed by atoms with Crippen LogP contribution < -0.4 is 15.0 Å². The number of H-pyrrole nitrogens is 1. The number of ether oxygens (including phenoxy) is 2. The van der Waals surface area contributed by atoms with Crippen LogP contribution in [0.15, 0.2) is 27.4 Å². The van der Waals surface area contributed by atoms with Gasteiger partial charge >= 0.3 is 0 Å². The number of rotatable bonds is 9. The average Bonchev–Trinajstić information content (AvgIpc) is 3.28. The van der Waals surface area contributed by atoms with Crippen molar-refractivity contribution in [3.8, 4) is 39.8 Å². The second kappa shape index (κ2) is 10.8. The zero-order chi connectivity index (χ0) is 26.6. The Hall–Kier alpha value is -3.82. The molecule has 0 aliphatic rings. The third kappa shape index (κ3) is 5.37. The summed E-state index contributed by atoms with van der Waals surface area (Å²) < 4.78 is 16.8. The first-order valence-electron chi connectivity index (χ1n) is 11.8. The highest BCUT2D eigenvalue weighted by atomic mass is 16.5. The SMILES string of the molecule is CCCCc1[nH]c(=O)c(-c2nnc(CN(C)C(=O)C(C)(C)C)o2)c(O)c1-c1c(OC)cccc1OC. The molecule has 194 valence electrons. The number of amides is 1. The van der Waals surface area contributed by atoms with Gasteiger partial charge in [-0.25, -0.2) is 0 Å². The molecule has 1 amide bonds. The minimum Gasteiger partial charge on any atom is -0.506 e. The standard InChI is InChI=1S/C26H34N4O6/c1-8-9-11-15-19(20-16(34-6)12-10-13-17(20)35-7)22(31)21(23(32)27-15)24-29-28-18(36-24)14-30(5)25(33)26(2,3)4/h10,12-13H,8-9,11,14H2,1-7H3,(H2,27,31,32). The molecule has 3 aromatic rings. The van der Waals surface area contributed by atoms with Crippen LogP contribution in [-0.2, 0) is 17.8 Å². The van der Waals surface area contributed by atoms with Crippen molar-refractivity contribution in [2.75, 3.05) is 21.3 Å². The van der Waals surface area contributed by atoms with Gasteiger partial charge in [0.2, 0.25) is 11.8 Å². The Balaban J connectivity index is 2.16. The molecular weight excluding hydrogens is 464 g/mol. The lowest BCUT2D eigenvalue weighted by molar-refractivity contribution is -0.138. The Kier molecular flexibility index (Phi) is 8.07. The number of methoxy groups -OCH3 is 2. The number of hydrogen-bond acceptors (Lipinski definition) is 8. The Labute approximate surface area is 210 Å². The average molecular weight is 499 g/mol. The lowest BCUT2D eigenvalue weighted by atomic mass is 9.95. The lowest BCUT2D eigenvalue weighted by Gasteiger charge is -2.24. The fourth-order valence-electron chi connectivity index (χ4n) is 4.01. The van der Waals surface area contributed by atoms with Crippen LogP contribution in [0.25, 0.3) is 22.6 Å². The van der Waals surface area contributed by atoms with E-state index in [0.717, 1.165) is 12.8 Å². The smallest absolute Gasteiger partial charge is 0.264 e. The summed E-state index contributed by atoms with van der Waals surface area (Å²) in [7, 11) is 4.68. The van der Waals surface area contributed by atoms with Crippen molar-refractivity contribution < 1.29 is 23.8 Å². The van der Waals surface area contributed by atoms with Gasteiger partial charge < -0.3 is 28.9 Å². The van der Waals surface area contributed by atoms with Crippen molar-refractivity contribution in [2.45, 2.75) is 53.5 Å². The zero-order valence-corrected chi connectivity index (χ0v) is 21.9. The van der Waals surface area contributed by atoms with E-state index in [-0.39, 0.29) is 35.5 Å². The largest absolute Gasteiger partial charge is 0.506 e. The molecule has 0 saturated heterocycles. The Morgan fingerprint density at radius 2 is 1.75 bits per heavy atom. The molecule has 3 rings (SSSR count). The van der Waals surface area contributed by atoms with Gasteiger partial charge in [0.15, 0.2) is 0 Å². The van der Waals surface area contributed by atoms with Crippen molar-refractivity contribution in [3.05, 3.63) is 40.1 Å². The van der Waals surface area contributed by atoms with Gasteiger partial charge in [0.25, 0.3) is 11.4 Å². The molecule has 10 heteroatoms. The highest BCUT2D eigenvalue weighted by molar-refractivity contribution is 5.87. The van der Waals surface area contributed by atoms with Crippen molar-refractivity contribution in [2.24, 2.45) is 5.41 Å². The van der Waals surface area contributed by atoms with Crippen molar-refractivity contribution in [1.29, 1.82) is 0 Å². The van der Waals surface area contributed by atoms with Crippen LogP contribution in [0.5, 0.6) is 17.2 Å². The fraction of sp³-hybridized carbons (Fsp3) is 0.462. The predicted octanol–water partition coefficient (Wildman–Crippen LogP) is 4.16. The Morgan fingerprint density at radius 3 is 2.31 bits per heavy atom. The Morgan fingerprint density at radius 1 is 1.11 bits per heavy atom. The molecule has 1 aromatic carbocycles. The number of aryl methyl sites for hydroxylation is 1. The van der Waals surface area contributed by atoms with E-state index < -0.39 is 11.0 Å². The van der Waals surface area contributed by atoms with E-state index in [1.54, 1.807) is 25.2 Å². The first-order chi connectivity index (χ1) is 17.0. The number of pyridine rings is 1. The normalized spacial score (nSPS) is 11.4. The number of carbonyl (C=O) groups excluding carboxylic acids is 1. The molecule has 0 radical (unpaired) electrons. The number of nitrogens with one attached hydrogen (secondary N) is 1. The number of unbranched alkanes of at least 4 members (excludes halogenated alkanes) is 1. The monoisotopic (exact) mass is 498 g/mol. The fourth-order valence-corrected chi connectivity index (χ4v) is 4.01. The molecule has 0 aliphatic heterocycles. The van der Waals surface area contributed by atoms with Gasteiger partial charge in [-0.15, -0.1) is 10.2 Å². The summed E-state index contributed by atoms with van der Waals surface area (Å²) in [4.78, 5) is 30.0. The maximum absolute atomic E-state index is 13.1. The number of benzene rings is 1. The minimum atomic E-state index is -0.579. The second-order valence-corrected chi connectivity index (χ2v) is 9.58. The molecule has 2 N–H and O–H groups in total. The maximum atomic E-state index is 13.1.